The molecule has 0 amide bonds. The van der Waals surface area contributed by atoms with E-state index in [1.54, 1.807) is 12.3 Å². The van der Waals surface area contributed by atoms with Crippen LogP contribution in [-0.2, 0) is 0 Å². The lowest BCUT2D eigenvalue weighted by atomic mass is 10.2. The second kappa shape index (κ2) is 4.55. The predicted octanol–water partition coefficient (Wildman–Crippen LogP) is 3.65. The summed E-state index contributed by atoms with van der Waals surface area (Å²) in [6.07, 6.45) is 1.59. The predicted molar refractivity (Wildman–Crippen MR) is 74.3 cm³/mol. The lowest BCUT2D eigenvalue weighted by molar-refractivity contribution is 0.429. The van der Waals surface area contributed by atoms with Crippen LogP contribution in [0.15, 0.2) is 43.9 Å². The first kappa shape index (κ1) is 12.0. The van der Waals surface area contributed by atoms with Crippen LogP contribution in [0.2, 0.25) is 0 Å². The molecule has 0 fully saturated rings. The molecule has 0 unspecified atom stereocenters. The number of nitrogens with zero attached hydrogens (tertiary/aromatic N) is 2. The Morgan fingerprint density at radius 3 is 2.79 bits per heavy atom. The van der Waals surface area contributed by atoms with Gasteiger partial charge in [0.15, 0.2) is 5.76 Å². The summed E-state index contributed by atoms with van der Waals surface area (Å²) in [7, 11) is 0. The number of aryl methyl sites for hydroxylation is 1. The molecule has 0 saturated heterocycles. The number of aromatic nitrogens is 2. The van der Waals surface area contributed by atoms with Crippen LogP contribution in [0, 0.1) is 6.92 Å². The monoisotopic (exact) mass is 319 g/mol. The SMILES string of the molecule is Cc1ccoc1-c1noc(-c2ccc(Br)cc2N)n1. The average molecular weight is 320 g/mol. The Balaban J connectivity index is 2.04. The summed E-state index contributed by atoms with van der Waals surface area (Å²) < 4.78 is 11.5. The standard InChI is InChI=1S/C13H10BrN3O2/c1-7-4-5-18-11(7)12-16-13(19-17-12)9-3-2-8(14)6-10(9)15/h2-6H,15H2,1H3. The highest BCUT2D eigenvalue weighted by molar-refractivity contribution is 9.10. The minimum absolute atomic E-state index is 0.371. The van der Waals surface area contributed by atoms with Crippen molar-refractivity contribution in [2.75, 3.05) is 5.73 Å². The number of nitrogen functional groups attached to an aromatic ring is 1. The van der Waals surface area contributed by atoms with E-state index < -0.39 is 0 Å². The average Bonchev–Trinajstić information content (AvgIpc) is 2.97. The lowest BCUT2D eigenvalue weighted by Crippen LogP contribution is -1.90. The number of hydrogen-bond acceptors (Lipinski definition) is 5. The first-order valence-corrected chi connectivity index (χ1v) is 6.38. The molecule has 0 radical (unpaired) electrons. The van der Waals surface area contributed by atoms with Gasteiger partial charge in [-0.1, -0.05) is 21.1 Å². The highest BCUT2D eigenvalue weighted by atomic mass is 79.9. The first-order valence-electron chi connectivity index (χ1n) is 5.59. The van der Waals surface area contributed by atoms with E-state index in [1.165, 1.54) is 0 Å². The van der Waals surface area contributed by atoms with Gasteiger partial charge < -0.3 is 14.7 Å². The van der Waals surface area contributed by atoms with Crippen molar-refractivity contribution < 1.29 is 8.94 Å². The van der Waals surface area contributed by atoms with Gasteiger partial charge in [0.25, 0.3) is 5.89 Å². The van der Waals surface area contributed by atoms with Gasteiger partial charge in [0, 0.05) is 10.2 Å². The van der Waals surface area contributed by atoms with Crippen LogP contribution in [-0.4, -0.2) is 10.1 Å². The molecule has 0 atom stereocenters. The Labute approximate surface area is 117 Å². The van der Waals surface area contributed by atoms with E-state index in [0.717, 1.165) is 10.0 Å². The summed E-state index contributed by atoms with van der Waals surface area (Å²) in [5.74, 6) is 1.39. The molecular formula is C13H10BrN3O2. The summed E-state index contributed by atoms with van der Waals surface area (Å²) in [5.41, 5.74) is 8.16. The van der Waals surface area contributed by atoms with E-state index in [-0.39, 0.29) is 0 Å². The Bertz CT molecular complexity index is 733. The smallest absolute Gasteiger partial charge is 0.260 e. The highest BCUT2D eigenvalue weighted by Crippen LogP contribution is 2.29. The molecule has 0 aliphatic carbocycles. The van der Waals surface area contributed by atoms with E-state index in [4.69, 9.17) is 14.7 Å². The molecule has 3 aromatic rings. The minimum atomic E-state index is 0.371. The Hall–Kier alpha value is -2.08. The second-order valence-electron chi connectivity index (χ2n) is 4.09. The molecule has 0 aliphatic heterocycles. The van der Waals surface area contributed by atoms with E-state index in [9.17, 15) is 0 Å². The number of anilines is 1. The van der Waals surface area contributed by atoms with Gasteiger partial charge in [0.1, 0.15) is 0 Å². The van der Waals surface area contributed by atoms with Crippen LogP contribution in [0.5, 0.6) is 0 Å². The number of rotatable bonds is 2. The topological polar surface area (TPSA) is 78.1 Å². The molecular weight excluding hydrogens is 310 g/mol. The van der Waals surface area contributed by atoms with Crippen LogP contribution in [0.25, 0.3) is 23.0 Å². The number of nitrogens with two attached hydrogens (primary N) is 1. The number of furan rings is 1. The molecule has 2 aromatic heterocycles. The summed E-state index contributed by atoms with van der Waals surface area (Å²) >= 11 is 3.35. The largest absolute Gasteiger partial charge is 0.461 e. The van der Waals surface area contributed by atoms with Crippen LogP contribution in [0.3, 0.4) is 0 Å². The fraction of sp³-hybridized carbons (Fsp3) is 0.0769. The van der Waals surface area contributed by atoms with E-state index in [2.05, 4.69) is 26.1 Å². The third kappa shape index (κ3) is 2.15. The van der Waals surface area contributed by atoms with Gasteiger partial charge in [-0.3, -0.25) is 0 Å². The zero-order valence-electron chi connectivity index (χ0n) is 10.1. The molecule has 19 heavy (non-hydrogen) atoms. The molecule has 2 N–H and O–H groups in total. The van der Waals surface area contributed by atoms with E-state index in [1.807, 2.05) is 25.1 Å². The van der Waals surface area contributed by atoms with Crippen molar-refractivity contribution in [2.45, 2.75) is 6.92 Å². The van der Waals surface area contributed by atoms with Crippen molar-refractivity contribution in [3.05, 3.63) is 40.6 Å². The maximum atomic E-state index is 5.93. The molecule has 2 heterocycles. The third-order valence-corrected chi connectivity index (χ3v) is 3.23. The molecule has 0 bridgehead atoms. The van der Waals surface area contributed by atoms with Gasteiger partial charge in [-0.2, -0.15) is 4.98 Å². The van der Waals surface area contributed by atoms with Gasteiger partial charge in [-0.15, -0.1) is 0 Å². The molecule has 6 heteroatoms. The molecule has 5 nitrogen and oxygen atoms in total. The lowest BCUT2D eigenvalue weighted by Gasteiger charge is -2.00. The van der Waals surface area contributed by atoms with Crippen LogP contribution < -0.4 is 5.73 Å². The maximum absolute atomic E-state index is 5.93. The number of benzene rings is 1. The molecule has 3 rings (SSSR count). The molecule has 1 aromatic carbocycles. The van der Waals surface area contributed by atoms with Crippen molar-refractivity contribution in [3.63, 3.8) is 0 Å². The quantitative estimate of drug-likeness (QED) is 0.729. The van der Waals surface area contributed by atoms with Crippen molar-refractivity contribution in [1.29, 1.82) is 0 Å². The number of halogens is 1. The Morgan fingerprint density at radius 2 is 2.11 bits per heavy atom. The van der Waals surface area contributed by atoms with E-state index in [0.29, 0.717) is 28.7 Å². The van der Waals surface area contributed by atoms with Gasteiger partial charge in [0.05, 0.1) is 11.8 Å². The fourth-order valence-corrected chi connectivity index (χ4v) is 2.13. The highest BCUT2D eigenvalue weighted by Gasteiger charge is 2.16. The van der Waals surface area contributed by atoms with Crippen molar-refractivity contribution in [2.24, 2.45) is 0 Å². The van der Waals surface area contributed by atoms with Crippen LogP contribution in [0.1, 0.15) is 5.56 Å². The normalized spacial score (nSPS) is 10.8. The van der Waals surface area contributed by atoms with Crippen molar-refractivity contribution in [3.8, 4) is 23.0 Å². The number of hydrogen-bond donors (Lipinski definition) is 1. The Morgan fingerprint density at radius 1 is 1.26 bits per heavy atom. The first-order chi connectivity index (χ1) is 9.15. The van der Waals surface area contributed by atoms with Crippen LogP contribution in [0.4, 0.5) is 5.69 Å². The van der Waals surface area contributed by atoms with Gasteiger partial charge in [-0.05, 0) is 36.8 Å². The summed E-state index contributed by atoms with van der Waals surface area (Å²) in [6.45, 7) is 1.92. The Kier molecular flexibility index (Phi) is 2.87. The third-order valence-electron chi connectivity index (χ3n) is 2.74. The van der Waals surface area contributed by atoms with Crippen molar-refractivity contribution in [1.82, 2.24) is 10.1 Å². The van der Waals surface area contributed by atoms with Gasteiger partial charge in [0.2, 0.25) is 5.82 Å². The van der Waals surface area contributed by atoms with Crippen LogP contribution >= 0.6 is 15.9 Å². The fourth-order valence-electron chi connectivity index (χ4n) is 1.76. The summed E-state index contributed by atoms with van der Waals surface area (Å²) in [5, 5.41) is 3.91. The zero-order chi connectivity index (χ0) is 13.4. The van der Waals surface area contributed by atoms with Gasteiger partial charge >= 0.3 is 0 Å². The molecule has 0 saturated carbocycles. The molecule has 0 aliphatic rings. The molecule has 96 valence electrons. The van der Waals surface area contributed by atoms with E-state index >= 15 is 0 Å². The molecule has 0 spiro atoms. The minimum Gasteiger partial charge on any atom is -0.461 e. The van der Waals surface area contributed by atoms with Gasteiger partial charge in [-0.25, -0.2) is 0 Å². The summed E-state index contributed by atoms with van der Waals surface area (Å²) in [4.78, 5) is 4.31. The second-order valence-corrected chi connectivity index (χ2v) is 5.00. The summed E-state index contributed by atoms with van der Waals surface area (Å²) in [6, 6.07) is 7.33. The maximum Gasteiger partial charge on any atom is 0.260 e. The van der Waals surface area contributed by atoms with Crippen molar-refractivity contribution >= 4 is 21.6 Å². The zero-order valence-corrected chi connectivity index (χ0v) is 11.6.